The maximum atomic E-state index is 11.5. The quantitative estimate of drug-likeness (QED) is 0.775. The monoisotopic (exact) mass is 254 g/mol. The first kappa shape index (κ1) is 11.7. The number of carboxylic acid groups (broad SMARTS) is 1. The van der Waals surface area contributed by atoms with Crippen LogP contribution in [0.3, 0.4) is 0 Å². The number of aromatic carboxylic acids is 1. The fourth-order valence-electron chi connectivity index (χ4n) is 1.38. The Morgan fingerprint density at radius 3 is 2.65 bits per heavy atom. The van der Waals surface area contributed by atoms with E-state index >= 15 is 0 Å². The minimum Gasteiger partial charge on any atom is -0.478 e. The largest absolute Gasteiger partial charge is 0.478 e. The van der Waals surface area contributed by atoms with Gasteiger partial charge >= 0.3 is 12.0 Å². The van der Waals surface area contributed by atoms with Gasteiger partial charge in [-0.15, -0.1) is 0 Å². The Bertz CT molecular complexity index is 472. The minimum absolute atomic E-state index is 0.0142. The molecule has 2 amide bonds. The number of amides is 2. The summed E-state index contributed by atoms with van der Waals surface area (Å²) >= 11 is 5.76. The average Bonchev–Trinajstić information content (AvgIpc) is 3.00. The van der Waals surface area contributed by atoms with E-state index in [2.05, 4.69) is 10.6 Å². The Morgan fingerprint density at radius 1 is 1.35 bits per heavy atom. The van der Waals surface area contributed by atoms with E-state index in [9.17, 15) is 9.59 Å². The summed E-state index contributed by atoms with van der Waals surface area (Å²) in [6.45, 7) is 0. The molecule has 1 aliphatic rings. The van der Waals surface area contributed by atoms with Gasteiger partial charge in [0.2, 0.25) is 0 Å². The standard InChI is InChI=1S/C11H11ClN2O3/c12-6-1-4-8(10(15)16)9(5-6)14-11(17)13-7-2-3-7/h1,4-5,7H,2-3H2,(H,15,16)(H2,13,14,17). The van der Waals surface area contributed by atoms with Crippen molar-refractivity contribution in [2.75, 3.05) is 5.32 Å². The van der Waals surface area contributed by atoms with E-state index in [0.29, 0.717) is 5.02 Å². The lowest BCUT2D eigenvalue weighted by atomic mass is 10.2. The molecule has 1 aromatic carbocycles. The minimum atomic E-state index is -1.11. The molecule has 1 fully saturated rings. The average molecular weight is 255 g/mol. The lowest BCUT2D eigenvalue weighted by Crippen LogP contribution is -2.31. The molecule has 0 aromatic heterocycles. The van der Waals surface area contributed by atoms with Gasteiger partial charge in [-0.05, 0) is 31.0 Å². The maximum Gasteiger partial charge on any atom is 0.337 e. The van der Waals surface area contributed by atoms with Gasteiger partial charge in [0.15, 0.2) is 0 Å². The van der Waals surface area contributed by atoms with Gasteiger partial charge in [0.1, 0.15) is 0 Å². The number of halogens is 1. The second kappa shape index (κ2) is 4.63. The highest BCUT2D eigenvalue weighted by Gasteiger charge is 2.23. The number of hydrogen-bond donors (Lipinski definition) is 3. The van der Waals surface area contributed by atoms with Crippen molar-refractivity contribution in [3.63, 3.8) is 0 Å². The van der Waals surface area contributed by atoms with Crippen molar-refractivity contribution in [1.29, 1.82) is 0 Å². The Hall–Kier alpha value is -1.75. The fraction of sp³-hybridized carbons (Fsp3) is 0.273. The van der Waals surface area contributed by atoms with E-state index in [-0.39, 0.29) is 17.3 Å². The van der Waals surface area contributed by atoms with Gasteiger partial charge in [-0.25, -0.2) is 9.59 Å². The molecule has 0 saturated heterocycles. The van der Waals surface area contributed by atoms with Crippen LogP contribution < -0.4 is 10.6 Å². The molecular weight excluding hydrogens is 244 g/mol. The fourth-order valence-corrected chi connectivity index (χ4v) is 1.55. The molecule has 0 atom stereocenters. The lowest BCUT2D eigenvalue weighted by Gasteiger charge is -2.09. The molecule has 90 valence electrons. The highest BCUT2D eigenvalue weighted by atomic mass is 35.5. The van der Waals surface area contributed by atoms with Gasteiger partial charge in [0.05, 0.1) is 11.3 Å². The first-order valence-electron chi connectivity index (χ1n) is 5.16. The van der Waals surface area contributed by atoms with E-state index in [0.717, 1.165) is 12.8 Å². The number of benzene rings is 1. The predicted molar refractivity (Wildman–Crippen MR) is 63.6 cm³/mol. The zero-order valence-corrected chi connectivity index (χ0v) is 9.62. The number of urea groups is 1. The molecule has 17 heavy (non-hydrogen) atoms. The van der Waals surface area contributed by atoms with Crippen LogP contribution in [0.5, 0.6) is 0 Å². The topological polar surface area (TPSA) is 78.4 Å². The normalized spacial score (nSPS) is 14.2. The van der Waals surface area contributed by atoms with Crippen molar-refractivity contribution >= 4 is 29.3 Å². The van der Waals surface area contributed by atoms with Gasteiger partial charge < -0.3 is 15.7 Å². The first-order chi connectivity index (χ1) is 8.06. The summed E-state index contributed by atoms with van der Waals surface area (Å²) in [7, 11) is 0. The molecule has 1 aliphatic carbocycles. The van der Waals surface area contributed by atoms with Crippen LogP contribution in [0.25, 0.3) is 0 Å². The van der Waals surface area contributed by atoms with Crippen molar-refractivity contribution in [2.45, 2.75) is 18.9 Å². The molecule has 6 heteroatoms. The Kier molecular flexibility index (Phi) is 3.19. The Morgan fingerprint density at radius 2 is 2.06 bits per heavy atom. The van der Waals surface area contributed by atoms with Crippen LogP contribution in [-0.4, -0.2) is 23.1 Å². The molecule has 0 unspecified atom stereocenters. The summed E-state index contributed by atoms with van der Waals surface area (Å²) in [6.07, 6.45) is 1.93. The molecule has 1 aromatic rings. The van der Waals surface area contributed by atoms with Crippen LogP contribution in [0, 0.1) is 0 Å². The third-order valence-electron chi connectivity index (χ3n) is 2.37. The number of anilines is 1. The van der Waals surface area contributed by atoms with Crippen molar-refractivity contribution < 1.29 is 14.7 Å². The predicted octanol–water partition coefficient (Wildman–Crippen LogP) is 2.32. The number of carboxylic acids is 1. The van der Waals surface area contributed by atoms with Crippen LogP contribution >= 0.6 is 11.6 Å². The summed E-state index contributed by atoms with van der Waals surface area (Å²) in [5, 5.41) is 14.5. The van der Waals surface area contributed by atoms with Gasteiger partial charge in [0.25, 0.3) is 0 Å². The SMILES string of the molecule is O=C(Nc1cc(Cl)ccc1C(=O)O)NC1CC1. The van der Waals surface area contributed by atoms with E-state index in [1.165, 1.54) is 18.2 Å². The van der Waals surface area contributed by atoms with Crippen LogP contribution in [-0.2, 0) is 0 Å². The molecule has 3 N–H and O–H groups in total. The van der Waals surface area contributed by atoms with Gasteiger partial charge in [0, 0.05) is 11.1 Å². The molecular formula is C11H11ClN2O3. The van der Waals surface area contributed by atoms with Crippen LogP contribution in [0.1, 0.15) is 23.2 Å². The summed E-state index contributed by atoms with van der Waals surface area (Å²) in [6, 6.07) is 4.05. The van der Waals surface area contributed by atoms with Gasteiger partial charge in [-0.1, -0.05) is 11.6 Å². The summed E-state index contributed by atoms with van der Waals surface area (Å²) in [5.74, 6) is -1.11. The zero-order valence-electron chi connectivity index (χ0n) is 8.87. The van der Waals surface area contributed by atoms with Crippen molar-refractivity contribution in [3.8, 4) is 0 Å². The molecule has 0 aliphatic heterocycles. The van der Waals surface area contributed by atoms with Crippen molar-refractivity contribution in [2.24, 2.45) is 0 Å². The van der Waals surface area contributed by atoms with E-state index < -0.39 is 12.0 Å². The number of nitrogens with one attached hydrogen (secondary N) is 2. The Balaban J connectivity index is 2.14. The first-order valence-corrected chi connectivity index (χ1v) is 5.54. The second-order valence-corrected chi connectivity index (χ2v) is 4.30. The highest BCUT2D eigenvalue weighted by molar-refractivity contribution is 6.31. The third kappa shape index (κ3) is 3.10. The van der Waals surface area contributed by atoms with E-state index in [1.807, 2.05) is 0 Å². The molecule has 1 saturated carbocycles. The molecule has 0 radical (unpaired) electrons. The summed E-state index contributed by atoms with van der Waals surface area (Å²) < 4.78 is 0. The number of rotatable bonds is 3. The van der Waals surface area contributed by atoms with Crippen LogP contribution in [0.4, 0.5) is 10.5 Å². The lowest BCUT2D eigenvalue weighted by molar-refractivity contribution is 0.0698. The molecule has 0 bridgehead atoms. The van der Waals surface area contributed by atoms with Gasteiger partial charge in [-0.3, -0.25) is 0 Å². The molecule has 0 spiro atoms. The maximum absolute atomic E-state index is 11.5. The zero-order chi connectivity index (χ0) is 12.4. The van der Waals surface area contributed by atoms with E-state index in [4.69, 9.17) is 16.7 Å². The smallest absolute Gasteiger partial charge is 0.337 e. The van der Waals surface area contributed by atoms with E-state index in [1.54, 1.807) is 0 Å². The highest BCUT2D eigenvalue weighted by Crippen LogP contribution is 2.22. The van der Waals surface area contributed by atoms with Crippen molar-refractivity contribution in [3.05, 3.63) is 28.8 Å². The number of hydrogen-bond acceptors (Lipinski definition) is 2. The van der Waals surface area contributed by atoms with Crippen LogP contribution in [0.2, 0.25) is 5.02 Å². The number of carbonyl (C=O) groups excluding carboxylic acids is 1. The van der Waals surface area contributed by atoms with Crippen molar-refractivity contribution in [1.82, 2.24) is 5.32 Å². The van der Waals surface area contributed by atoms with Crippen LogP contribution in [0.15, 0.2) is 18.2 Å². The molecule has 2 rings (SSSR count). The third-order valence-corrected chi connectivity index (χ3v) is 2.61. The number of carbonyl (C=O) groups is 2. The second-order valence-electron chi connectivity index (χ2n) is 3.87. The molecule has 5 nitrogen and oxygen atoms in total. The summed E-state index contributed by atoms with van der Waals surface area (Å²) in [5.41, 5.74) is 0.212. The molecule has 0 heterocycles. The Labute approximate surface area is 103 Å². The summed E-state index contributed by atoms with van der Waals surface area (Å²) in [4.78, 5) is 22.4. The van der Waals surface area contributed by atoms with Gasteiger partial charge in [-0.2, -0.15) is 0 Å².